The van der Waals surface area contributed by atoms with Crippen molar-refractivity contribution in [3.05, 3.63) is 53.6 Å². The molecule has 1 aromatic heterocycles. The molecule has 2 aromatic rings. The lowest BCUT2D eigenvalue weighted by Gasteiger charge is -2.31. The summed E-state index contributed by atoms with van der Waals surface area (Å²) in [5, 5.41) is 0. The maximum Gasteiger partial charge on any atom is 0.290 e. The van der Waals surface area contributed by atoms with E-state index in [4.69, 9.17) is 0 Å². The summed E-state index contributed by atoms with van der Waals surface area (Å²) in [7, 11) is 2.05. The smallest absolute Gasteiger partial charge is 0.290 e. The molecule has 3 heterocycles. The van der Waals surface area contributed by atoms with Gasteiger partial charge in [0.15, 0.2) is 5.82 Å². The minimum atomic E-state index is -0.113. The van der Waals surface area contributed by atoms with Crippen LogP contribution in [-0.4, -0.2) is 75.8 Å². The molecule has 0 aliphatic carbocycles. The van der Waals surface area contributed by atoms with E-state index in [9.17, 15) is 9.59 Å². The van der Waals surface area contributed by atoms with Crippen molar-refractivity contribution in [1.82, 2.24) is 24.3 Å². The number of hydrogen-bond donors (Lipinski definition) is 0. The molecule has 0 unspecified atom stereocenters. The Morgan fingerprint density at radius 2 is 1.77 bits per heavy atom. The van der Waals surface area contributed by atoms with Gasteiger partial charge in [-0.2, -0.15) is 0 Å². The van der Waals surface area contributed by atoms with Gasteiger partial charge in [-0.1, -0.05) is 30.3 Å². The van der Waals surface area contributed by atoms with Crippen LogP contribution in [0.4, 0.5) is 0 Å². The monoisotopic (exact) mass is 353 g/mol. The SMILES string of the molecule is CN1CCN(C(=O)c2cn3c(n2)C(=O)N(Cc2ccccc2)CC3)CC1. The largest absolute Gasteiger partial charge is 0.335 e. The molecule has 0 atom stereocenters. The average molecular weight is 353 g/mol. The number of likely N-dealkylation sites (N-methyl/N-ethyl adjacent to an activating group) is 1. The quantitative estimate of drug-likeness (QED) is 0.824. The number of carbonyl (C=O) groups is 2. The molecular formula is C19H23N5O2. The van der Waals surface area contributed by atoms with Crippen LogP contribution in [0.2, 0.25) is 0 Å². The van der Waals surface area contributed by atoms with Crippen molar-refractivity contribution in [2.45, 2.75) is 13.1 Å². The van der Waals surface area contributed by atoms with Crippen LogP contribution in [0.15, 0.2) is 36.5 Å². The number of imidazole rings is 1. The lowest BCUT2D eigenvalue weighted by atomic mass is 10.2. The van der Waals surface area contributed by atoms with Crippen molar-refractivity contribution < 1.29 is 9.59 Å². The van der Waals surface area contributed by atoms with Gasteiger partial charge in [0.05, 0.1) is 0 Å². The summed E-state index contributed by atoms with van der Waals surface area (Å²) in [5.74, 6) is 0.171. The van der Waals surface area contributed by atoms with Crippen molar-refractivity contribution >= 4 is 11.8 Å². The molecule has 2 aliphatic heterocycles. The zero-order chi connectivity index (χ0) is 18.1. The number of amides is 2. The number of carbonyl (C=O) groups excluding carboxylic acids is 2. The summed E-state index contributed by atoms with van der Waals surface area (Å²) < 4.78 is 1.81. The molecule has 7 nitrogen and oxygen atoms in total. The normalized spacial score (nSPS) is 18.1. The molecule has 7 heteroatoms. The molecule has 4 rings (SSSR count). The first-order valence-corrected chi connectivity index (χ1v) is 9.00. The molecule has 1 aromatic carbocycles. The summed E-state index contributed by atoms with van der Waals surface area (Å²) in [6.45, 7) is 4.98. The fraction of sp³-hybridized carbons (Fsp3) is 0.421. The molecule has 2 amide bonds. The Labute approximate surface area is 152 Å². The number of piperazine rings is 1. The third-order valence-electron chi connectivity index (χ3n) is 5.09. The van der Waals surface area contributed by atoms with E-state index >= 15 is 0 Å². The number of benzene rings is 1. The molecule has 0 saturated carbocycles. The topological polar surface area (TPSA) is 61.7 Å². The van der Waals surface area contributed by atoms with Gasteiger partial charge in [0.25, 0.3) is 11.8 Å². The zero-order valence-corrected chi connectivity index (χ0v) is 15.0. The molecule has 0 bridgehead atoms. The first kappa shape index (κ1) is 16.8. The Morgan fingerprint density at radius 3 is 2.50 bits per heavy atom. The van der Waals surface area contributed by atoms with E-state index in [0.717, 1.165) is 18.7 Å². The minimum absolute atomic E-state index is 0.0811. The highest BCUT2D eigenvalue weighted by molar-refractivity contribution is 5.96. The van der Waals surface area contributed by atoms with Crippen molar-refractivity contribution in [3.8, 4) is 0 Å². The van der Waals surface area contributed by atoms with Gasteiger partial charge in [-0.3, -0.25) is 9.59 Å². The standard InChI is InChI=1S/C19H23N5O2/c1-21-7-9-22(10-8-21)18(25)16-14-23-11-12-24(19(26)17(23)20-16)13-15-5-3-2-4-6-15/h2-6,14H,7-13H2,1H3. The van der Waals surface area contributed by atoms with E-state index in [1.54, 1.807) is 11.1 Å². The highest BCUT2D eigenvalue weighted by Gasteiger charge is 2.30. The fourth-order valence-electron chi connectivity index (χ4n) is 3.46. The molecule has 1 saturated heterocycles. The highest BCUT2D eigenvalue weighted by atomic mass is 16.2. The van der Waals surface area contributed by atoms with Gasteiger partial charge < -0.3 is 19.3 Å². The number of aromatic nitrogens is 2. The number of nitrogens with zero attached hydrogens (tertiary/aromatic N) is 5. The molecule has 0 N–H and O–H groups in total. The summed E-state index contributed by atoms with van der Waals surface area (Å²) in [6, 6.07) is 9.92. The van der Waals surface area contributed by atoms with E-state index in [1.165, 1.54) is 0 Å². The Hall–Kier alpha value is -2.67. The predicted molar refractivity (Wildman–Crippen MR) is 96.8 cm³/mol. The van der Waals surface area contributed by atoms with Crippen LogP contribution < -0.4 is 0 Å². The van der Waals surface area contributed by atoms with Crippen LogP contribution in [0.5, 0.6) is 0 Å². The van der Waals surface area contributed by atoms with Gasteiger partial charge in [-0.05, 0) is 12.6 Å². The zero-order valence-electron chi connectivity index (χ0n) is 15.0. The Kier molecular flexibility index (Phi) is 4.46. The summed E-state index contributed by atoms with van der Waals surface area (Å²) >= 11 is 0. The minimum Gasteiger partial charge on any atom is -0.335 e. The first-order valence-electron chi connectivity index (χ1n) is 9.00. The highest BCUT2D eigenvalue weighted by Crippen LogP contribution is 2.17. The molecule has 1 fully saturated rings. The Morgan fingerprint density at radius 1 is 1.04 bits per heavy atom. The maximum absolute atomic E-state index is 12.8. The van der Waals surface area contributed by atoms with Gasteiger partial charge in [0.2, 0.25) is 0 Å². The lowest BCUT2D eigenvalue weighted by Crippen LogP contribution is -2.47. The van der Waals surface area contributed by atoms with Gasteiger partial charge in [0.1, 0.15) is 5.69 Å². The van der Waals surface area contributed by atoms with E-state index in [1.807, 2.05) is 39.8 Å². The van der Waals surface area contributed by atoms with Gasteiger partial charge in [-0.15, -0.1) is 0 Å². The predicted octanol–water partition coefficient (Wildman–Crippen LogP) is 0.927. The maximum atomic E-state index is 12.8. The second-order valence-electron chi connectivity index (χ2n) is 6.95. The van der Waals surface area contributed by atoms with Gasteiger partial charge in [0, 0.05) is 52.0 Å². The molecular weight excluding hydrogens is 330 g/mol. The second-order valence-corrected chi connectivity index (χ2v) is 6.95. The molecule has 0 radical (unpaired) electrons. The lowest BCUT2D eigenvalue weighted by molar-refractivity contribution is 0.0658. The van der Waals surface area contributed by atoms with Crippen molar-refractivity contribution in [3.63, 3.8) is 0 Å². The Balaban J connectivity index is 1.49. The third kappa shape index (κ3) is 3.22. The van der Waals surface area contributed by atoms with Crippen LogP contribution in [0, 0.1) is 0 Å². The molecule has 136 valence electrons. The van der Waals surface area contributed by atoms with Crippen molar-refractivity contribution in [1.29, 1.82) is 0 Å². The molecule has 2 aliphatic rings. The molecule has 0 spiro atoms. The van der Waals surface area contributed by atoms with Crippen LogP contribution >= 0.6 is 0 Å². The van der Waals surface area contributed by atoms with Crippen molar-refractivity contribution in [2.75, 3.05) is 39.8 Å². The van der Waals surface area contributed by atoms with E-state index in [-0.39, 0.29) is 11.8 Å². The van der Waals surface area contributed by atoms with Crippen molar-refractivity contribution in [2.24, 2.45) is 0 Å². The van der Waals surface area contributed by atoms with E-state index < -0.39 is 0 Å². The third-order valence-corrected chi connectivity index (χ3v) is 5.09. The summed E-state index contributed by atoms with van der Waals surface area (Å²) in [5.41, 5.74) is 1.47. The van der Waals surface area contributed by atoms with Gasteiger partial charge >= 0.3 is 0 Å². The van der Waals surface area contributed by atoms with E-state index in [2.05, 4.69) is 16.9 Å². The number of hydrogen-bond acceptors (Lipinski definition) is 4. The van der Waals surface area contributed by atoms with Crippen LogP contribution in [0.1, 0.15) is 26.7 Å². The number of rotatable bonds is 3. The number of fused-ring (bicyclic) bond motifs is 1. The van der Waals surface area contributed by atoms with Crippen LogP contribution in [0.25, 0.3) is 0 Å². The summed E-state index contributed by atoms with van der Waals surface area (Å²) in [6.07, 6.45) is 1.73. The van der Waals surface area contributed by atoms with Gasteiger partial charge in [-0.25, -0.2) is 4.98 Å². The Bertz CT molecular complexity index is 809. The first-order chi connectivity index (χ1) is 12.6. The van der Waals surface area contributed by atoms with Crippen LogP contribution in [-0.2, 0) is 13.1 Å². The fourth-order valence-corrected chi connectivity index (χ4v) is 3.46. The second kappa shape index (κ2) is 6.92. The van der Waals surface area contributed by atoms with E-state index in [0.29, 0.717) is 44.2 Å². The van der Waals surface area contributed by atoms with Crippen LogP contribution in [0.3, 0.4) is 0 Å². The summed E-state index contributed by atoms with van der Waals surface area (Å²) in [4.78, 5) is 35.7. The molecule has 26 heavy (non-hydrogen) atoms. The average Bonchev–Trinajstić information content (AvgIpc) is 3.10.